The molecule has 2 aromatic carbocycles. The number of nitriles is 1. The number of pyridine rings is 1. The molecule has 33 heavy (non-hydrogen) atoms. The molecule has 0 fully saturated rings. The molecular weight excluding hydrogens is 444 g/mol. The zero-order valence-corrected chi connectivity index (χ0v) is 18.0. The molecule has 2 N–H and O–H groups in total. The highest BCUT2D eigenvalue weighted by Gasteiger charge is 2.29. The number of fused-ring (bicyclic) bond motifs is 1. The van der Waals surface area contributed by atoms with Crippen molar-refractivity contribution in [3.05, 3.63) is 89.6 Å². The first-order valence-electron chi connectivity index (χ1n) is 10.1. The minimum absolute atomic E-state index is 0.176. The summed E-state index contributed by atoms with van der Waals surface area (Å²) in [6, 6.07) is 17.7. The highest BCUT2D eigenvalue weighted by molar-refractivity contribution is 7.91. The summed E-state index contributed by atoms with van der Waals surface area (Å²) in [6.07, 6.45) is 3.92. The van der Waals surface area contributed by atoms with Crippen molar-refractivity contribution in [1.29, 1.82) is 5.26 Å². The Morgan fingerprint density at radius 1 is 1.15 bits per heavy atom. The van der Waals surface area contributed by atoms with Crippen molar-refractivity contribution in [3.8, 4) is 23.4 Å². The molecule has 5 rings (SSSR count). The second-order valence-corrected chi connectivity index (χ2v) is 9.03. The van der Waals surface area contributed by atoms with Gasteiger partial charge in [0.1, 0.15) is 23.7 Å². The smallest absolute Gasteiger partial charge is 0.330 e. The predicted molar refractivity (Wildman–Crippen MR) is 119 cm³/mol. The highest BCUT2D eigenvalue weighted by atomic mass is 32.2. The molecule has 9 nitrogen and oxygen atoms in total. The Kier molecular flexibility index (Phi) is 5.03. The molecule has 2 aliphatic rings. The summed E-state index contributed by atoms with van der Waals surface area (Å²) >= 11 is 0. The van der Waals surface area contributed by atoms with Crippen LogP contribution in [0, 0.1) is 11.3 Å². The molecule has 0 saturated carbocycles. The molecule has 0 unspecified atom stereocenters. The third-order valence-electron chi connectivity index (χ3n) is 5.35. The van der Waals surface area contributed by atoms with E-state index in [2.05, 4.69) is 4.98 Å². The topological polar surface area (TPSA) is 125 Å². The second-order valence-electron chi connectivity index (χ2n) is 7.48. The summed E-state index contributed by atoms with van der Waals surface area (Å²) in [5.41, 5.74) is 2.90. The van der Waals surface area contributed by atoms with Crippen LogP contribution in [0.1, 0.15) is 29.2 Å². The minimum Gasteiger partial charge on any atom is -0.493 e. The lowest BCUT2D eigenvalue weighted by Crippen LogP contribution is -2.29. The minimum atomic E-state index is -3.83. The number of benzene rings is 2. The van der Waals surface area contributed by atoms with Crippen LogP contribution in [0.3, 0.4) is 0 Å². The van der Waals surface area contributed by atoms with E-state index in [9.17, 15) is 13.5 Å². The van der Waals surface area contributed by atoms with E-state index in [1.54, 1.807) is 36.4 Å². The summed E-state index contributed by atoms with van der Waals surface area (Å²) in [5.74, 6) is 1.26. The second kappa shape index (κ2) is 8.03. The van der Waals surface area contributed by atoms with Crippen molar-refractivity contribution in [3.63, 3.8) is 0 Å². The number of aliphatic hydroxyl groups excluding tert-OH is 1. The van der Waals surface area contributed by atoms with Crippen LogP contribution in [0.15, 0.2) is 72.9 Å². The molecule has 10 heteroatoms. The Morgan fingerprint density at radius 3 is 2.64 bits per heavy atom. The quantitative estimate of drug-likeness (QED) is 0.590. The first-order valence-corrected chi connectivity index (χ1v) is 11.5. The van der Waals surface area contributed by atoms with E-state index in [0.29, 0.717) is 28.6 Å². The molecule has 3 aromatic rings. The molecule has 2 heterocycles. The van der Waals surface area contributed by atoms with E-state index in [4.69, 9.17) is 14.7 Å². The maximum Gasteiger partial charge on any atom is 0.330 e. The van der Waals surface area contributed by atoms with Gasteiger partial charge in [-0.2, -0.15) is 13.7 Å². The van der Waals surface area contributed by atoms with Crippen molar-refractivity contribution >= 4 is 15.9 Å². The predicted octanol–water partition coefficient (Wildman–Crippen LogP) is 3.82. The summed E-state index contributed by atoms with van der Waals surface area (Å²) in [5, 5.41) is 18.4. The fraction of sp³-hybridized carbons (Fsp3) is 0.130. The summed E-state index contributed by atoms with van der Waals surface area (Å²) in [4.78, 5) is 4.17. The van der Waals surface area contributed by atoms with Crippen molar-refractivity contribution in [2.75, 3.05) is 4.31 Å². The van der Waals surface area contributed by atoms with Gasteiger partial charge in [0.05, 0.1) is 17.5 Å². The van der Waals surface area contributed by atoms with E-state index in [0.717, 1.165) is 34.5 Å². The molecule has 1 atom stereocenters. The lowest BCUT2D eigenvalue weighted by molar-refractivity contribution is 0.207. The number of aliphatic hydroxyl groups is 1. The SMILES string of the molecule is N#Cc1ccc(Oc2cccc3c2CC[C@H]3Oc2ccc(N3C=C(O)NS3(=O)=O)cc2)nc1. The van der Waals surface area contributed by atoms with Gasteiger partial charge in [0.2, 0.25) is 11.8 Å². The number of rotatable bonds is 5. The molecular formula is C23H18N4O5S. The first-order chi connectivity index (χ1) is 15.9. The third-order valence-corrected chi connectivity index (χ3v) is 6.66. The van der Waals surface area contributed by atoms with Crippen LogP contribution in [0.4, 0.5) is 5.69 Å². The van der Waals surface area contributed by atoms with Crippen LogP contribution in [0.25, 0.3) is 0 Å². The fourth-order valence-corrected chi connectivity index (χ4v) is 4.91. The summed E-state index contributed by atoms with van der Waals surface area (Å²) in [6.45, 7) is 0. The highest BCUT2D eigenvalue weighted by Crippen LogP contribution is 2.41. The van der Waals surface area contributed by atoms with Crippen molar-refractivity contribution < 1.29 is 23.0 Å². The molecule has 0 bridgehead atoms. The van der Waals surface area contributed by atoms with Gasteiger partial charge in [-0.05, 0) is 54.8 Å². The van der Waals surface area contributed by atoms with Crippen molar-refractivity contribution in [2.45, 2.75) is 18.9 Å². The maximum absolute atomic E-state index is 12.0. The molecule has 0 spiro atoms. The Labute approximate surface area is 190 Å². The van der Waals surface area contributed by atoms with Gasteiger partial charge in [0.25, 0.3) is 0 Å². The third kappa shape index (κ3) is 4.02. The van der Waals surface area contributed by atoms with Gasteiger partial charge in [-0.25, -0.2) is 14.0 Å². The van der Waals surface area contributed by atoms with Crippen LogP contribution in [0.2, 0.25) is 0 Å². The maximum atomic E-state index is 12.0. The van der Waals surface area contributed by atoms with Crippen LogP contribution in [-0.4, -0.2) is 18.5 Å². The van der Waals surface area contributed by atoms with Gasteiger partial charge in [0.15, 0.2) is 0 Å². The number of hydrogen-bond donors (Lipinski definition) is 2. The van der Waals surface area contributed by atoms with Crippen LogP contribution < -0.4 is 18.5 Å². The molecule has 1 aromatic heterocycles. The molecule has 0 radical (unpaired) electrons. The number of ether oxygens (including phenoxy) is 2. The van der Waals surface area contributed by atoms with E-state index in [1.165, 1.54) is 6.20 Å². The zero-order chi connectivity index (χ0) is 23.0. The lowest BCUT2D eigenvalue weighted by atomic mass is 10.1. The number of nitrogens with zero attached hydrogens (tertiary/aromatic N) is 3. The Bertz CT molecular complexity index is 1380. The molecule has 166 valence electrons. The Morgan fingerprint density at radius 2 is 1.97 bits per heavy atom. The van der Waals surface area contributed by atoms with Gasteiger partial charge in [-0.3, -0.25) is 0 Å². The van der Waals surface area contributed by atoms with Gasteiger partial charge in [-0.15, -0.1) is 0 Å². The normalized spacial score (nSPS) is 18.1. The number of nitrogens with one attached hydrogen (secondary N) is 1. The number of aromatic nitrogens is 1. The largest absolute Gasteiger partial charge is 0.493 e. The van der Waals surface area contributed by atoms with Crippen LogP contribution in [0.5, 0.6) is 17.4 Å². The van der Waals surface area contributed by atoms with Crippen LogP contribution >= 0.6 is 0 Å². The summed E-state index contributed by atoms with van der Waals surface area (Å²) < 4.78 is 39.1. The van der Waals surface area contributed by atoms with Gasteiger partial charge >= 0.3 is 10.2 Å². The Balaban J connectivity index is 1.32. The number of hydrogen-bond acceptors (Lipinski definition) is 7. The van der Waals surface area contributed by atoms with Gasteiger partial charge < -0.3 is 14.6 Å². The van der Waals surface area contributed by atoms with Crippen LogP contribution in [-0.2, 0) is 16.6 Å². The first kappa shape index (κ1) is 20.7. The van der Waals surface area contributed by atoms with Crippen molar-refractivity contribution in [2.24, 2.45) is 0 Å². The summed E-state index contributed by atoms with van der Waals surface area (Å²) in [7, 11) is -3.83. The zero-order valence-electron chi connectivity index (χ0n) is 17.2. The van der Waals surface area contributed by atoms with Gasteiger partial charge in [0, 0.05) is 17.8 Å². The number of anilines is 1. The lowest BCUT2D eigenvalue weighted by Gasteiger charge is -2.17. The van der Waals surface area contributed by atoms with E-state index in [-0.39, 0.29) is 6.10 Å². The average Bonchev–Trinajstić information content (AvgIpc) is 3.34. The molecule has 0 saturated heterocycles. The molecule has 1 aliphatic heterocycles. The standard InChI is InChI=1S/C23H18N4O5S/c24-12-15-4-11-23(25-13-15)32-20-3-1-2-18-19(20)9-10-21(18)31-17-7-5-16(6-8-17)27-14-22(28)26-33(27,29)30/h1-8,11,13-14,21,26,28H,9-10H2/t21-/m1/s1. The van der Waals surface area contributed by atoms with Crippen molar-refractivity contribution in [1.82, 2.24) is 9.71 Å². The van der Waals surface area contributed by atoms with Gasteiger partial charge in [-0.1, -0.05) is 12.1 Å². The molecule has 1 aliphatic carbocycles. The average molecular weight is 462 g/mol. The fourth-order valence-electron chi connectivity index (χ4n) is 3.86. The Hall–Kier alpha value is -4.23. The van der Waals surface area contributed by atoms with E-state index >= 15 is 0 Å². The van der Waals surface area contributed by atoms with E-state index < -0.39 is 16.1 Å². The monoisotopic (exact) mass is 462 g/mol. The van der Waals surface area contributed by atoms with E-state index in [1.807, 2.05) is 29.0 Å². The molecule has 0 amide bonds.